The maximum Gasteiger partial charge on any atom is 0.260 e. The van der Waals surface area contributed by atoms with Crippen LogP contribution in [0.15, 0.2) is 30.6 Å². The summed E-state index contributed by atoms with van der Waals surface area (Å²) in [5, 5.41) is 13.9. The van der Waals surface area contributed by atoms with E-state index in [0.717, 1.165) is 30.0 Å². The Morgan fingerprint density at radius 1 is 1.30 bits per heavy atom. The Bertz CT molecular complexity index is 858. The smallest absolute Gasteiger partial charge is 0.260 e. The fraction of sp³-hybridized carbons (Fsp3) is 0.312. The van der Waals surface area contributed by atoms with Gasteiger partial charge in [0.25, 0.3) is 5.91 Å². The molecular formula is C16H18N6O. The third-order valence-electron chi connectivity index (χ3n) is 4.18. The number of nitrogens with one attached hydrogen (secondary N) is 2. The van der Waals surface area contributed by atoms with Crippen LogP contribution in [0.4, 0.5) is 11.5 Å². The number of aromatic amines is 1. The van der Waals surface area contributed by atoms with Gasteiger partial charge in [0.15, 0.2) is 0 Å². The van der Waals surface area contributed by atoms with Crippen LogP contribution in [-0.2, 0) is 0 Å². The summed E-state index contributed by atoms with van der Waals surface area (Å²) in [6, 6.07) is 5.87. The summed E-state index contributed by atoms with van der Waals surface area (Å²) in [5.41, 5.74) is 3.33. The lowest BCUT2D eigenvalue weighted by molar-refractivity contribution is 0.102. The van der Waals surface area contributed by atoms with Gasteiger partial charge in [-0.15, -0.1) is 0 Å². The summed E-state index contributed by atoms with van der Waals surface area (Å²) in [6.45, 7) is 4.00. The molecule has 4 rings (SSSR count). The molecule has 3 aromatic rings. The molecule has 0 aliphatic carbocycles. The van der Waals surface area contributed by atoms with Gasteiger partial charge in [-0.2, -0.15) is 10.2 Å². The predicted molar refractivity (Wildman–Crippen MR) is 87.9 cm³/mol. The van der Waals surface area contributed by atoms with Gasteiger partial charge in [0.1, 0.15) is 5.82 Å². The van der Waals surface area contributed by atoms with E-state index in [0.29, 0.717) is 11.4 Å². The van der Waals surface area contributed by atoms with E-state index < -0.39 is 0 Å². The summed E-state index contributed by atoms with van der Waals surface area (Å²) in [6.07, 6.45) is 5.94. The topological polar surface area (TPSA) is 78.3 Å². The van der Waals surface area contributed by atoms with E-state index in [-0.39, 0.29) is 5.91 Å². The van der Waals surface area contributed by atoms with Crippen LogP contribution < -0.4 is 10.2 Å². The zero-order chi connectivity index (χ0) is 15.8. The molecule has 3 aromatic heterocycles. The molecule has 7 nitrogen and oxygen atoms in total. The molecule has 1 aliphatic rings. The Hall–Kier alpha value is -2.83. The highest BCUT2D eigenvalue weighted by atomic mass is 16.1. The normalized spacial score (nSPS) is 14.6. The Labute approximate surface area is 133 Å². The fourth-order valence-corrected chi connectivity index (χ4v) is 2.99. The van der Waals surface area contributed by atoms with Gasteiger partial charge in [0.05, 0.1) is 23.0 Å². The van der Waals surface area contributed by atoms with Crippen molar-refractivity contribution in [2.45, 2.75) is 19.8 Å². The number of carbonyl (C=O) groups is 1. The number of H-pyrrole nitrogens is 1. The van der Waals surface area contributed by atoms with Gasteiger partial charge in [-0.25, -0.2) is 4.52 Å². The highest BCUT2D eigenvalue weighted by molar-refractivity contribution is 6.08. The number of hydrogen-bond donors (Lipinski definition) is 2. The maximum absolute atomic E-state index is 12.5. The van der Waals surface area contributed by atoms with Crippen molar-refractivity contribution >= 4 is 22.9 Å². The number of anilines is 2. The molecule has 1 fully saturated rings. The predicted octanol–water partition coefficient (Wildman–Crippen LogP) is 2.22. The molecule has 23 heavy (non-hydrogen) atoms. The van der Waals surface area contributed by atoms with Crippen LogP contribution in [0, 0.1) is 6.92 Å². The van der Waals surface area contributed by atoms with Gasteiger partial charge in [0, 0.05) is 31.0 Å². The Morgan fingerprint density at radius 3 is 2.87 bits per heavy atom. The monoisotopic (exact) mass is 310 g/mol. The van der Waals surface area contributed by atoms with Crippen molar-refractivity contribution in [3.05, 3.63) is 41.9 Å². The lowest BCUT2D eigenvalue weighted by Gasteiger charge is -2.17. The molecule has 0 aromatic carbocycles. The molecule has 1 saturated heterocycles. The zero-order valence-corrected chi connectivity index (χ0v) is 12.9. The third kappa shape index (κ3) is 2.54. The molecule has 1 amide bonds. The number of rotatable bonds is 3. The number of aryl methyl sites for hydroxylation is 1. The van der Waals surface area contributed by atoms with Crippen LogP contribution in [0.25, 0.3) is 5.52 Å². The van der Waals surface area contributed by atoms with Crippen molar-refractivity contribution in [2.24, 2.45) is 0 Å². The number of nitrogens with zero attached hydrogens (tertiary/aromatic N) is 4. The summed E-state index contributed by atoms with van der Waals surface area (Å²) >= 11 is 0. The standard InChI is InChI=1S/C16H18N6O/c1-11-8-15(20-19-11)18-16(23)13-10-17-22-7-4-12(9-14(13)22)21-5-2-3-6-21/h4,7-10H,2-3,5-6H2,1H3,(H2,18,19,20,23). The molecule has 0 saturated carbocycles. The highest BCUT2D eigenvalue weighted by Crippen LogP contribution is 2.23. The van der Waals surface area contributed by atoms with Crippen molar-refractivity contribution in [1.82, 2.24) is 19.8 Å². The van der Waals surface area contributed by atoms with Crippen LogP contribution in [0.1, 0.15) is 28.9 Å². The van der Waals surface area contributed by atoms with Gasteiger partial charge >= 0.3 is 0 Å². The van der Waals surface area contributed by atoms with Crippen molar-refractivity contribution in [3.8, 4) is 0 Å². The fourth-order valence-electron chi connectivity index (χ4n) is 2.99. The SMILES string of the molecule is Cc1cc(NC(=O)c2cnn3ccc(N4CCCC4)cc23)[nH]n1. The second kappa shape index (κ2) is 5.42. The van der Waals surface area contributed by atoms with Crippen LogP contribution in [0.2, 0.25) is 0 Å². The Kier molecular flexibility index (Phi) is 3.25. The van der Waals surface area contributed by atoms with Crippen LogP contribution >= 0.6 is 0 Å². The van der Waals surface area contributed by atoms with Gasteiger partial charge in [-0.1, -0.05) is 0 Å². The van der Waals surface area contributed by atoms with E-state index in [1.807, 2.05) is 25.3 Å². The van der Waals surface area contributed by atoms with E-state index >= 15 is 0 Å². The average molecular weight is 310 g/mol. The second-order valence-electron chi connectivity index (χ2n) is 5.84. The van der Waals surface area contributed by atoms with Crippen molar-refractivity contribution in [2.75, 3.05) is 23.3 Å². The minimum absolute atomic E-state index is 0.192. The van der Waals surface area contributed by atoms with Crippen molar-refractivity contribution in [3.63, 3.8) is 0 Å². The first-order chi connectivity index (χ1) is 11.2. The van der Waals surface area contributed by atoms with Crippen LogP contribution in [0.5, 0.6) is 0 Å². The van der Waals surface area contributed by atoms with E-state index in [1.165, 1.54) is 12.8 Å². The molecule has 0 bridgehead atoms. The molecule has 0 atom stereocenters. The molecule has 2 N–H and O–H groups in total. The Balaban J connectivity index is 1.66. The van der Waals surface area contributed by atoms with E-state index in [2.05, 4.69) is 25.5 Å². The quantitative estimate of drug-likeness (QED) is 0.777. The van der Waals surface area contributed by atoms with Gasteiger partial charge in [-0.3, -0.25) is 9.89 Å². The Morgan fingerprint density at radius 2 is 2.13 bits per heavy atom. The highest BCUT2D eigenvalue weighted by Gasteiger charge is 2.17. The molecule has 0 spiro atoms. The lowest BCUT2D eigenvalue weighted by atomic mass is 10.2. The number of aromatic nitrogens is 4. The van der Waals surface area contributed by atoms with Crippen molar-refractivity contribution in [1.29, 1.82) is 0 Å². The van der Waals surface area contributed by atoms with Gasteiger partial charge < -0.3 is 10.2 Å². The van der Waals surface area contributed by atoms with Crippen molar-refractivity contribution < 1.29 is 4.79 Å². The first kappa shape index (κ1) is 13.8. The van der Waals surface area contributed by atoms with E-state index in [9.17, 15) is 4.79 Å². The number of hydrogen-bond acceptors (Lipinski definition) is 4. The largest absolute Gasteiger partial charge is 0.371 e. The minimum atomic E-state index is -0.192. The molecule has 7 heteroatoms. The summed E-state index contributed by atoms with van der Waals surface area (Å²) in [4.78, 5) is 14.8. The summed E-state index contributed by atoms with van der Waals surface area (Å²) in [7, 11) is 0. The summed E-state index contributed by atoms with van der Waals surface area (Å²) in [5.74, 6) is 0.393. The molecule has 118 valence electrons. The number of carbonyl (C=O) groups excluding carboxylic acids is 1. The first-order valence-corrected chi connectivity index (χ1v) is 7.76. The molecular weight excluding hydrogens is 292 g/mol. The minimum Gasteiger partial charge on any atom is -0.371 e. The number of fused-ring (bicyclic) bond motifs is 1. The lowest BCUT2D eigenvalue weighted by Crippen LogP contribution is -2.18. The van der Waals surface area contributed by atoms with E-state index in [1.54, 1.807) is 16.8 Å². The molecule has 0 unspecified atom stereocenters. The number of pyridine rings is 1. The number of amides is 1. The average Bonchev–Trinajstić information content (AvgIpc) is 3.26. The van der Waals surface area contributed by atoms with Crippen LogP contribution in [-0.4, -0.2) is 38.8 Å². The van der Waals surface area contributed by atoms with Crippen LogP contribution in [0.3, 0.4) is 0 Å². The molecule has 4 heterocycles. The first-order valence-electron chi connectivity index (χ1n) is 7.76. The molecule has 1 aliphatic heterocycles. The zero-order valence-electron chi connectivity index (χ0n) is 12.9. The second-order valence-corrected chi connectivity index (χ2v) is 5.84. The maximum atomic E-state index is 12.5. The van der Waals surface area contributed by atoms with Gasteiger partial charge in [-0.05, 0) is 31.9 Å². The van der Waals surface area contributed by atoms with E-state index in [4.69, 9.17) is 0 Å². The third-order valence-corrected chi connectivity index (χ3v) is 4.18. The van der Waals surface area contributed by atoms with Gasteiger partial charge in [0.2, 0.25) is 0 Å². The molecule has 0 radical (unpaired) electrons. The summed E-state index contributed by atoms with van der Waals surface area (Å²) < 4.78 is 1.73.